The first-order valence-corrected chi connectivity index (χ1v) is 11.2. The maximum Gasteiger partial charge on any atom is 0.243 e. The van der Waals surface area contributed by atoms with Crippen molar-refractivity contribution in [3.8, 4) is 0 Å². The second-order valence-electron chi connectivity index (χ2n) is 8.81. The molecule has 1 atom stereocenters. The number of nitrogens with one attached hydrogen (secondary N) is 2. The number of hydrogen-bond acceptors (Lipinski definition) is 4. The number of rotatable bonds is 6. The molecule has 0 bridgehead atoms. The molecule has 3 aliphatic rings. The van der Waals surface area contributed by atoms with Gasteiger partial charge in [-0.05, 0) is 32.1 Å². The van der Waals surface area contributed by atoms with Crippen LogP contribution in [0.1, 0.15) is 51.4 Å². The van der Waals surface area contributed by atoms with Gasteiger partial charge in [-0.3, -0.25) is 4.79 Å². The molecule has 1 unspecified atom stereocenters. The standard InChI is InChI=1S/C21H39N5O2/c1-25(2)20(27)15-23-21(22-14-17-10-13-28-16-17)24-18-8-11-26(12-9-18)19-6-4-3-5-7-19/h17-19H,3-16H2,1-2H3,(H2,22,23,24). The Labute approximate surface area is 170 Å². The van der Waals surface area contributed by atoms with E-state index in [1.54, 1.807) is 19.0 Å². The predicted molar refractivity (Wildman–Crippen MR) is 113 cm³/mol. The number of amides is 1. The van der Waals surface area contributed by atoms with Gasteiger partial charge in [0.05, 0.1) is 6.61 Å². The van der Waals surface area contributed by atoms with Crippen LogP contribution in [0.25, 0.3) is 0 Å². The van der Waals surface area contributed by atoms with E-state index in [0.29, 0.717) is 12.0 Å². The van der Waals surface area contributed by atoms with E-state index in [1.165, 1.54) is 45.2 Å². The number of carbonyl (C=O) groups is 1. The summed E-state index contributed by atoms with van der Waals surface area (Å²) in [5, 5.41) is 7.05. The third-order valence-corrected chi connectivity index (χ3v) is 6.41. The highest BCUT2D eigenvalue weighted by Crippen LogP contribution is 2.25. The zero-order valence-corrected chi connectivity index (χ0v) is 17.8. The van der Waals surface area contributed by atoms with Crippen molar-refractivity contribution in [3.63, 3.8) is 0 Å². The molecule has 0 spiro atoms. The van der Waals surface area contributed by atoms with Crippen molar-refractivity contribution < 1.29 is 9.53 Å². The summed E-state index contributed by atoms with van der Waals surface area (Å²) in [6.07, 6.45) is 10.3. The first-order valence-electron chi connectivity index (χ1n) is 11.2. The minimum absolute atomic E-state index is 0.0254. The van der Waals surface area contributed by atoms with Gasteiger partial charge in [-0.15, -0.1) is 0 Å². The summed E-state index contributed by atoms with van der Waals surface area (Å²) < 4.78 is 5.47. The second-order valence-corrected chi connectivity index (χ2v) is 8.81. The van der Waals surface area contributed by atoms with E-state index in [0.717, 1.165) is 51.0 Å². The predicted octanol–water partition coefficient (Wildman–Crippen LogP) is 1.44. The van der Waals surface area contributed by atoms with Crippen molar-refractivity contribution in [1.82, 2.24) is 20.4 Å². The average molecular weight is 394 g/mol. The van der Waals surface area contributed by atoms with Gasteiger partial charge in [0.15, 0.2) is 5.96 Å². The Balaban J connectivity index is 1.48. The number of carbonyl (C=O) groups excluding carboxylic acids is 1. The third kappa shape index (κ3) is 6.62. The fourth-order valence-electron chi connectivity index (χ4n) is 4.47. The van der Waals surface area contributed by atoms with E-state index in [9.17, 15) is 4.79 Å². The van der Waals surface area contributed by atoms with Crippen molar-refractivity contribution in [1.29, 1.82) is 0 Å². The zero-order valence-electron chi connectivity index (χ0n) is 17.8. The summed E-state index contributed by atoms with van der Waals surface area (Å²) in [5.41, 5.74) is 0. The Morgan fingerprint density at radius 1 is 1.11 bits per heavy atom. The number of likely N-dealkylation sites (tertiary alicyclic amines) is 1. The fourth-order valence-corrected chi connectivity index (χ4v) is 4.47. The monoisotopic (exact) mass is 393 g/mol. The maximum atomic E-state index is 12.0. The minimum atomic E-state index is 0.0254. The Morgan fingerprint density at radius 2 is 1.86 bits per heavy atom. The van der Waals surface area contributed by atoms with Crippen molar-refractivity contribution in [2.45, 2.75) is 63.5 Å². The van der Waals surface area contributed by atoms with E-state index in [1.807, 2.05) is 0 Å². The topological polar surface area (TPSA) is 69.2 Å². The van der Waals surface area contributed by atoms with Crippen LogP contribution in [0.3, 0.4) is 0 Å². The van der Waals surface area contributed by atoms with E-state index < -0.39 is 0 Å². The first kappa shape index (κ1) is 21.4. The highest BCUT2D eigenvalue weighted by Gasteiger charge is 2.26. The molecule has 0 radical (unpaired) electrons. The lowest BCUT2D eigenvalue weighted by Crippen LogP contribution is -2.51. The summed E-state index contributed by atoms with van der Waals surface area (Å²) in [5.74, 6) is 1.33. The Bertz CT molecular complexity index is 505. The van der Waals surface area contributed by atoms with Gasteiger partial charge in [0.1, 0.15) is 6.54 Å². The molecule has 2 aliphatic heterocycles. The molecule has 1 aliphatic carbocycles. The second kappa shape index (κ2) is 11.0. The zero-order chi connectivity index (χ0) is 19.8. The molecule has 3 rings (SSSR count). The lowest BCUT2D eigenvalue weighted by Gasteiger charge is -2.39. The van der Waals surface area contributed by atoms with Crippen LogP contribution in [0.5, 0.6) is 0 Å². The number of aliphatic imine (C=N–C) groups is 1. The van der Waals surface area contributed by atoms with Gasteiger partial charge >= 0.3 is 0 Å². The molecule has 160 valence electrons. The summed E-state index contributed by atoms with van der Waals surface area (Å²) >= 11 is 0. The van der Waals surface area contributed by atoms with E-state index in [-0.39, 0.29) is 12.5 Å². The van der Waals surface area contributed by atoms with Gasteiger partial charge < -0.3 is 25.2 Å². The van der Waals surface area contributed by atoms with Crippen LogP contribution in [0.2, 0.25) is 0 Å². The summed E-state index contributed by atoms with van der Waals surface area (Å²) in [6.45, 7) is 5.04. The van der Waals surface area contributed by atoms with Crippen LogP contribution in [0, 0.1) is 5.92 Å². The molecule has 7 nitrogen and oxygen atoms in total. The first-order chi connectivity index (χ1) is 13.6. The Kier molecular flexibility index (Phi) is 8.40. The summed E-state index contributed by atoms with van der Waals surface area (Å²) in [6, 6.07) is 1.24. The van der Waals surface area contributed by atoms with Crippen LogP contribution >= 0.6 is 0 Å². The fraction of sp³-hybridized carbons (Fsp3) is 0.905. The number of guanidine groups is 1. The van der Waals surface area contributed by atoms with Gasteiger partial charge in [0.2, 0.25) is 5.91 Å². The molecule has 1 saturated carbocycles. The molecular weight excluding hydrogens is 354 g/mol. The summed E-state index contributed by atoms with van der Waals surface area (Å²) in [7, 11) is 3.55. The quantitative estimate of drug-likeness (QED) is 0.528. The van der Waals surface area contributed by atoms with Crippen molar-refractivity contribution in [3.05, 3.63) is 0 Å². The van der Waals surface area contributed by atoms with Gasteiger partial charge in [-0.1, -0.05) is 19.3 Å². The molecule has 3 fully saturated rings. The number of ether oxygens (including phenoxy) is 1. The lowest BCUT2D eigenvalue weighted by atomic mass is 9.92. The molecule has 0 aromatic heterocycles. The smallest absolute Gasteiger partial charge is 0.243 e. The number of nitrogens with zero attached hydrogens (tertiary/aromatic N) is 3. The molecule has 1 amide bonds. The van der Waals surface area contributed by atoms with Crippen LogP contribution in [0.4, 0.5) is 0 Å². The Hall–Kier alpha value is -1.34. The largest absolute Gasteiger partial charge is 0.381 e. The molecule has 0 aromatic carbocycles. The summed E-state index contributed by atoms with van der Waals surface area (Å²) in [4.78, 5) is 20.8. The number of hydrogen-bond donors (Lipinski definition) is 2. The molecule has 2 heterocycles. The molecule has 7 heteroatoms. The highest BCUT2D eigenvalue weighted by molar-refractivity contribution is 5.84. The van der Waals surface area contributed by atoms with Gasteiger partial charge in [-0.2, -0.15) is 0 Å². The lowest BCUT2D eigenvalue weighted by molar-refractivity contribution is -0.127. The highest BCUT2D eigenvalue weighted by atomic mass is 16.5. The van der Waals surface area contributed by atoms with Gasteiger partial charge in [0, 0.05) is 58.3 Å². The minimum Gasteiger partial charge on any atom is -0.381 e. The van der Waals surface area contributed by atoms with Crippen molar-refractivity contribution in [2.75, 3.05) is 53.5 Å². The van der Waals surface area contributed by atoms with Crippen LogP contribution in [-0.2, 0) is 9.53 Å². The van der Waals surface area contributed by atoms with Crippen LogP contribution < -0.4 is 10.6 Å². The molecule has 2 saturated heterocycles. The normalized spacial score (nSPS) is 25.6. The van der Waals surface area contributed by atoms with E-state index in [4.69, 9.17) is 4.74 Å². The molecule has 28 heavy (non-hydrogen) atoms. The third-order valence-electron chi connectivity index (χ3n) is 6.41. The van der Waals surface area contributed by atoms with Crippen molar-refractivity contribution >= 4 is 11.9 Å². The van der Waals surface area contributed by atoms with E-state index >= 15 is 0 Å². The van der Waals surface area contributed by atoms with Crippen molar-refractivity contribution in [2.24, 2.45) is 10.9 Å². The van der Waals surface area contributed by atoms with Gasteiger partial charge in [-0.25, -0.2) is 4.99 Å². The molecular formula is C21H39N5O2. The van der Waals surface area contributed by atoms with E-state index in [2.05, 4.69) is 20.5 Å². The molecule has 2 N–H and O–H groups in total. The van der Waals surface area contributed by atoms with Gasteiger partial charge in [0.25, 0.3) is 0 Å². The molecule has 0 aromatic rings. The Morgan fingerprint density at radius 3 is 2.50 bits per heavy atom. The average Bonchev–Trinajstić information content (AvgIpc) is 3.24. The maximum absolute atomic E-state index is 12.0. The van der Waals surface area contributed by atoms with Crippen LogP contribution in [0.15, 0.2) is 4.99 Å². The number of piperidine rings is 1. The van der Waals surface area contributed by atoms with Crippen LogP contribution in [-0.4, -0.2) is 87.2 Å². The number of likely N-dealkylation sites (N-methyl/N-ethyl adjacent to an activating group) is 1. The SMILES string of the molecule is CN(C)C(=O)CN=C(NCC1CCOC1)NC1CCN(C2CCCCC2)CC1.